The van der Waals surface area contributed by atoms with Crippen molar-refractivity contribution in [2.75, 3.05) is 20.8 Å². The molecule has 3 aromatic carbocycles. The Morgan fingerprint density at radius 3 is 2.31 bits per heavy atom. The van der Waals surface area contributed by atoms with Gasteiger partial charge in [-0.05, 0) is 47.7 Å². The van der Waals surface area contributed by atoms with Gasteiger partial charge in [-0.1, -0.05) is 70.0 Å². The second kappa shape index (κ2) is 15.9. The van der Waals surface area contributed by atoms with Crippen LogP contribution < -0.4 is 24.9 Å². The molecule has 52 heavy (non-hydrogen) atoms. The Morgan fingerprint density at radius 2 is 1.69 bits per heavy atom. The smallest absolute Gasteiger partial charge is 0.162 e. The van der Waals surface area contributed by atoms with Crippen LogP contribution in [0.5, 0.6) is 17.2 Å². The van der Waals surface area contributed by atoms with Gasteiger partial charge in [-0.3, -0.25) is 0 Å². The van der Waals surface area contributed by atoms with E-state index in [-0.39, 0.29) is 0 Å². The first-order valence-corrected chi connectivity index (χ1v) is 18.5. The number of unbranched alkanes of at least 4 members (excludes halogenated alkanes) is 1. The van der Waals surface area contributed by atoms with Crippen molar-refractivity contribution in [1.82, 2.24) is 14.5 Å². The Balaban J connectivity index is 1.67. The molecule has 0 radical (unpaired) electrons. The van der Waals surface area contributed by atoms with Gasteiger partial charge in [-0.25, -0.2) is 4.98 Å². The largest absolute Gasteiger partial charge is 0.493 e. The first kappa shape index (κ1) is 36.4. The van der Waals surface area contributed by atoms with Crippen molar-refractivity contribution in [3.63, 3.8) is 0 Å². The molecule has 0 bridgehead atoms. The van der Waals surface area contributed by atoms with E-state index in [1.54, 1.807) is 14.2 Å². The van der Waals surface area contributed by atoms with Crippen LogP contribution >= 0.6 is 24.0 Å². The predicted octanol–water partition coefficient (Wildman–Crippen LogP) is 8.90. The summed E-state index contributed by atoms with van der Waals surface area (Å²) in [6, 6.07) is 26.5. The van der Waals surface area contributed by atoms with Gasteiger partial charge < -0.3 is 23.8 Å². The zero-order valence-corrected chi connectivity index (χ0v) is 31.8. The molecule has 3 aromatic heterocycles. The summed E-state index contributed by atoms with van der Waals surface area (Å²) in [5.41, 5.74) is 4.76. The highest BCUT2D eigenvalue weighted by Gasteiger charge is 2.25. The predicted molar refractivity (Wildman–Crippen MR) is 214 cm³/mol. The van der Waals surface area contributed by atoms with Crippen LogP contribution in [0.25, 0.3) is 54.7 Å². The van der Waals surface area contributed by atoms with Crippen LogP contribution in [0.2, 0.25) is 0 Å². The summed E-state index contributed by atoms with van der Waals surface area (Å²) in [5.74, 6) is 2.44. The summed E-state index contributed by atoms with van der Waals surface area (Å²) in [4.78, 5) is 8.88. The second-order valence-corrected chi connectivity index (χ2v) is 14.2. The van der Waals surface area contributed by atoms with Gasteiger partial charge in [0.2, 0.25) is 0 Å². The topological polar surface area (TPSA) is 109 Å². The molecule has 0 aliphatic rings. The van der Waals surface area contributed by atoms with Crippen molar-refractivity contribution in [2.45, 2.75) is 39.5 Å². The lowest BCUT2D eigenvalue weighted by molar-refractivity contribution is 0.233. The molecule has 0 aliphatic heterocycles. The second-order valence-electron chi connectivity index (χ2n) is 12.6. The van der Waals surface area contributed by atoms with Crippen molar-refractivity contribution in [1.29, 1.82) is 10.5 Å². The molecule has 3 heterocycles. The zero-order chi connectivity index (χ0) is 36.9. The van der Waals surface area contributed by atoms with Gasteiger partial charge in [0.25, 0.3) is 0 Å². The fourth-order valence-corrected chi connectivity index (χ4v) is 7.84. The number of aromatic amines is 1. The van der Waals surface area contributed by atoms with E-state index in [9.17, 15) is 10.5 Å². The minimum absolute atomic E-state index is 0.333. The summed E-state index contributed by atoms with van der Waals surface area (Å²) >= 11 is 5.96. The van der Waals surface area contributed by atoms with E-state index in [0.29, 0.717) is 61.3 Å². The van der Waals surface area contributed by atoms with Crippen LogP contribution in [0, 0.1) is 28.6 Å². The quantitative estimate of drug-likeness (QED) is 0.115. The molecule has 1 N–H and O–H groups in total. The van der Waals surface area contributed by atoms with E-state index in [0.717, 1.165) is 56.6 Å². The summed E-state index contributed by atoms with van der Waals surface area (Å²) in [7, 11) is 5.11. The average Bonchev–Trinajstić information content (AvgIpc) is 3.83. The number of nitrogens with one attached hydrogen (secondary N) is 1. The molecule has 8 nitrogen and oxygen atoms in total. The molecular weight excluding hydrogens is 687 g/mol. The number of thiazole rings is 1. The minimum Gasteiger partial charge on any atom is -0.493 e. The molecule has 6 aromatic rings. The van der Waals surface area contributed by atoms with Crippen LogP contribution in [0.4, 0.5) is 0 Å². The maximum atomic E-state index is 10.9. The first-order chi connectivity index (χ1) is 25.3. The number of hydrogen-bond acceptors (Lipinski definition) is 8. The lowest BCUT2D eigenvalue weighted by Crippen LogP contribution is -2.18. The number of allylic oxidation sites excluding steroid dienone is 1. The van der Waals surface area contributed by atoms with Crippen LogP contribution in [0.1, 0.15) is 44.5 Å². The number of hydrogen-bond donors (Lipinski definition) is 2. The van der Waals surface area contributed by atoms with Crippen molar-refractivity contribution < 1.29 is 14.2 Å². The van der Waals surface area contributed by atoms with Crippen LogP contribution in [-0.2, 0) is 7.05 Å². The fraction of sp³-hybridized carbons (Fsp3) is 0.262. The summed E-state index contributed by atoms with van der Waals surface area (Å²) in [5, 5.41) is 24.7. The van der Waals surface area contributed by atoms with Gasteiger partial charge >= 0.3 is 0 Å². The van der Waals surface area contributed by atoms with Crippen LogP contribution in [0.3, 0.4) is 0 Å². The van der Waals surface area contributed by atoms with Crippen molar-refractivity contribution in [2.24, 2.45) is 13.0 Å². The molecule has 0 amide bonds. The van der Waals surface area contributed by atoms with Crippen molar-refractivity contribution >= 4 is 56.1 Å². The fourth-order valence-electron chi connectivity index (χ4n) is 6.71. The summed E-state index contributed by atoms with van der Waals surface area (Å²) in [6.07, 6.45) is 4.59. The molecule has 264 valence electrons. The number of aromatic nitrogens is 3. The highest BCUT2D eigenvalue weighted by atomic mass is 32.1. The molecule has 1 atom stereocenters. The van der Waals surface area contributed by atoms with Crippen LogP contribution in [-0.4, -0.2) is 35.4 Å². The Kier molecular flexibility index (Phi) is 11.1. The summed E-state index contributed by atoms with van der Waals surface area (Å²) < 4.78 is 20.2. The number of ether oxygens (including phenoxy) is 3. The Bertz CT molecular complexity index is 2440. The molecule has 1 unspecified atom stereocenters. The standard InChI is InChI=1S/C42H41N5O3S2/c1-7-9-13-26(8-2)24-50-29-18-16-28(17-19-29)40-37-36(41(47(40)4)30(22-43)25(3)51)38(27-14-11-10-12-15-27)46-39(37)31(23-44)42-45-32-20-33(48-5)34(49-6)21-35(32)52-42/h10-12,14-21,26,46,51H,3,7-9,13,24H2,1-2,4-6H3/b39-31-,41-30-. The third kappa shape index (κ3) is 6.80. The third-order valence-electron chi connectivity index (χ3n) is 9.47. The van der Waals surface area contributed by atoms with Crippen molar-refractivity contribution in [3.05, 3.63) is 93.9 Å². The Morgan fingerprint density at radius 1 is 0.981 bits per heavy atom. The zero-order valence-electron chi connectivity index (χ0n) is 30.0. The molecule has 0 aliphatic carbocycles. The SMILES string of the molecule is C=C(S)/C(C#N)=c1/c2c(-c3ccccc3)[nH]/c(=C(/C#N)c3nc4cc(OC)c(OC)cc4s3)c2c(-c2ccc(OCC(CC)CCCC)cc2)n1C. The normalized spacial score (nSPS) is 13.0. The van der Waals surface area contributed by atoms with Gasteiger partial charge in [0, 0.05) is 34.9 Å². The van der Waals surface area contributed by atoms with Gasteiger partial charge in [0.05, 0.1) is 58.7 Å². The molecule has 10 heteroatoms. The molecule has 6 rings (SSSR count). The number of methoxy groups -OCH3 is 2. The number of rotatable bonds is 13. The summed E-state index contributed by atoms with van der Waals surface area (Å²) in [6.45, 7) is 9.14. The number of nitriles is 2. The number of benzene rings is 3. The molecule has 0 saturated heterocycles. The van der Waals surface area contributed by atoms with E-state index in [2.05, 4.69) is 50.2 Å². The van der Waals surface area contributed by atoms with Gasteiger partial charge in [0.1, 0.15) is 28.5 Å². The maximum absolute atomic E-state index is 10.9. The van der Waals surface area contributed by atoms with E-state index in [1.807, 2.05) is 78.3 Å². The van der Waals surface area contributed by atoms with Crippen LogP contribution in [0.15, 0.2) is 78.2 Å². The highest BCUT2D eigenvalue weighted by molar-refractivity contribution is 7.85. The lowest BCUT2D eigenvalue weighted by Gasteiger charge is -2.16. The number of fused-ring (bicyclic) bond motifs is 2. The maximum Gasteiger partial charge on any atom is 0.162 e. The Hall–Kier alpha value is -5.42. The van der Waals surface area contributed by atoms with Gasteiger partial charge in [-0.2, -0.15) is 10.5 Å². The average molecular weight is 728 g/mol. The Labute approximate surface area is 313 Å². The monoisotopic (exact) mass is 727 g/mol. The third-order valence-corrected chi connectivity index (χ3v) is 10.7. The van der Waals surface area contributed by atoms with E-state index >= 15 is 0 Å². The molecule has 0 spiro atoms. The minimum atomic E-state index is 0.333. The van der Waals surface area contributed by atoms with E-state index < -0.39 is 0 Å². The highest BCUT2D eigenvalue weighted by Crippen LogP contribution is 2.38. The lowest BCUT2D eigenvalue weighted by atomic mass is 10.0. The van der Waals surface area contributed by atoms with Gasteiger partial charge in [-0.15, -0.1) is 24.0 Å². The number of thiol groups is 1. The molecule has 0 saturated carbocycles. The molecular formula is C42H41N5O3S2. The first-order valence-electron chi connectivity index (χ1n) is 17.3. The number of H-pyrrole nitrogens is 1. The molecule has 0 fully saturated rings. The van der Waals surface area contributed by atoms with E-state index in [1.165, 1.54) is 24.2 Å². The van der Waals surface area contributed by atoms with Crippen molar-refractivity contribution in [3.8, 4) is 51.9 Å². The van der Waals surface area contributed by atoms with E-state index in [4.69, 9.17) is 19.2 Å². The number of nitrogens with zero attached hydrogens (tertiary/aromatic N) is 4. The van der Waals surface area contributed by atoms with Gasteiger partial charge in [0.15, 0.2) is 11.5 Å².